The van der Waals surface area contributed by atoms with Crippen LogP contribution >= 0.6 is 34.0 Å². The topological polar surface area (TPSA) is 26.0 Å². The fourth-order valence-corrected chi connectivity index (χ4v) is 5.09. The molecule has 3 aromatic rings. The second-order valence-electron chi connectivity index (χ2n) is 4.65. The van der Waals surface area contributed by atoms with Gasteiger partial charge in [0.15, 0.2) is 0 Å². The average molecular weight is 320 g/mol. The van der Waals surface area contributed by atoms with Crippen LogP contribution in [-0.2, 0) is 6.42 Å². The molecule has 0 saturated heterocycles. The normalized spacial score (nSPS) is 11.1. The molecule has 0 spiro atoms. The third-order valence-corrected chi connectivity index (χ3v) is 6.64. The lowest BCUT2D eigenvalue weighted by molar-refractivity contribution is 0.751. The zero-order chi connectivity index (χ0) is 13.8. The van der Waals surface area contributed by atoms with E-state index in [4.69, 9.17) is 5.73 Å². The van der Waals surface area contributed by atoms with Crippen LogP contribution in [0.4, 0.5) is 0 Å². The molecule has 0 aliphatic heterocycles. The summed E-state index contributed by atoms with van der Waals surface area (Å²) in [5.41, 5.74) is 5.54. The third kappa shape index (κ3) is 3.20. The predicted octanol–water partition coefficient (Wildman–Crippen LogP) is 5.49. The van der Waals surface area contributed by atoms with Crippen LogP contribution in [0.2, 0.25) is 0 Å². The lowest BCUT2D eigenvalue weighted by Gasteiger charge is -1.95. The number of aryl methyl sites for hydroxylation is 1. The zero-order valence-electron chi connectivity index (χ0n) is 11.2. The van der Waals surface area contributed by atoms with Crippen molar-refractivity contribution in [1.29, 1.82) is 0 Å². The van der Waals surface area contributed by atoms with Crippen molar-refractivity contribution in [2.45, 2.75) is 19.3 Å². The lowest BCUT2D eigenvalue weighted by atomic mass is 10.2. The molecule has 1 nitrogen and oxygen atoms in total. The van der Waals surface area contributed by atoms with E-state index in [9.17, 15) is 0 Å². The summed E-state index contributed by atoms with van der Waals surface area (Å²) in [6.07, 6.45) is 3.47. The molecule has 20 heavy (non-hydrogen) atoms. The summed E-state index contributed by atoms with van der Waals surface area (Å²) in [5.74, 6) is 0. The van der Waals surface area contributed by atoms with Crippen molar-refractivity contribution in [3.8, 4) is 19.5 Å². The first-order valence-corrected chi connectivity index (χ1v) is 9.31. The van der Waals surface area contributed by atoms with Gasteiger partial charge < -0.3 is 5.73 Å². The number of hydrogen-bond donors (Lipinski definition) is 1. The van der Waals surface area contributed by atoms with Crippen LogP contribution in [0.1, 0.15) is 17.7 Å². The summed E-state index contributed by atoms with van der Waals surface area (Å²) in [4.78, 5) is 6.97. The minimum absolute atomic E-state index is 0.799. The van der Waals surface area contributed by atoms with E-state index in [1.807, 2.05) is 22.7 Å². The van der Waals surface area contributed by atoms with Crippen molar-refractivity contribution in [1.82, 2.24) is 0 Å². The fourth-order valence-electron chi connectivity index (χ4n) is 2.11. The van der Waals surface area contributed by atoms with Gasteiger partial charge in [0, 0.05) is 24.4 Å². The van der Waals surface area contributed by atoms with Crippen LogP contribution in [0.3, 0.4) is 0 Å². The number of hydrogen-bond acceptors (Lipinski definition) is 4. The van der Waals surface area contributed by atoms with Crippen molar-refractivity contribution >= 4 is 34.0 Å². The standard InChI is InChI=1S/C16H17NS3/c17-10-2-1-4-12-6-7-15(19-12)16-9-8-14(20-16)13-5-3-11-18-13/h3,5-9,11H,1-2,4,10,17H2. The minimum Gasteiger partial charge on any atom is -0.330 e. The van der Waals surface area contributed by atoms with Crippen LogP contribution in [0.15, 0.2) is 41.8 Å². The fraction of sp³-hybridized carbons (Fsp3) is 0.250. The number of rotatable bonds is 6. The van der Waals surface area contributed by atoms with Crippen molar-refractivity contribution in [3.63, 3.8) is 0 Å². The van der Waals surface area contributed by atoms with Crippen LogP contribution in [-0.4, -0.2) is 6.54 Å². The maximum Gasteiger partial charge on any atom is 0.0449 e. The van der Waals surface area contributed by atoms with Crippen molar-refractivity contribution in [2.24, 2.45) is 5.73 Å². The van der Waals surface area contributed by atoms with Crippen LogP contribution in [0.25, 0.3) is 19.5 Å². The molecule has 0 aliphatic carbocycles. The Morgan fingerprint density at radius 3 is 2.30 bits per heavy atom. The second kappa shape index (κ2) is 6.68. The maximum atomic E-state index is 5.54. The Morgan fingerprint density at radius 1 is 0.800 bits per heavy atom. The van der Waals surface area contributed by atoms with E-state index >= 15 is 0 Å². The van der Waals surface area contributed by atoms with E-state index in [1.165, 1.54) is 30.8 Å². The zero-order valence-corrected chi connectivity index (χ0v) is 13.6. The Labute approximate surface area is 131 Å². The number of nitrogens with two attached hydrogens (primary N) is 1. The van der Waals surface area contributed by atoms with E-state index in [-0.39, 0.29) is 0 Å². The van der Waals surface area contributed by atoms with Gasteiger partial charge in [-0.25, -0.2) is 0 Å². The Kier molecular flexibility index (Phi) is 4.68. The molecule has 3 rings (SSSR count). The van der Waals surface area contributed by atoms with E-state index in [1.54, 1.807) is 11.3 Å². The highest BCUT2D eigenvalue weighted by Crippen LogP contribution is 2.39. The number of unbranched alkanes of at least 4 members (excludes halogenated alkanes) is 1. The quantitative estimate of drug-likeness (QED) is 0.598. The molecule has 104 valence electrons. The summed E-state index contributed by atoms with van der Waals surface area (Å²) in [6, 6.07) is 13.3. The molecule has 4 heteroatoms. The first-order chi connectivity index (χ1) is 9.86. The second-order valence-corrected chi connectivity index (χ2v) is 7.85. The Balaban J connectivity index is 1.73. The van der Waals surface area contributed by atoms with E-state index in [0.717, 1.165) is 19.4 Å². The molecule has 3 aromatic heterocycles. The Hall–Kier alpha value is -0.940. The van der Waals surface area contributed by atoms with Gasteiger partial charge in [-0.05, 0) is 61.5 Å². The van der Waals surface area contributed by atoms with Gasteiger partial charge in [-0.1, -0.05) is 6.07 Å². The van der Waals surface area contributed by atoms with Gasteiger partial charge in [0.25, 0.3) is 0 Å². The van der Waals surface area contributed by atoms with Crippen LogP contribution < -0.4 is 5.73 Å². The van der Waals surface area contributed by atoms with Gasteiger partial charge in [0.05, 0.1) is 0 Å². The van der Waals surface area contributed by atoms with Crippen LogP contribution in [0, 0.1) is 0 Å². The van der Waals surface area contributed by atoms with Gasteiger partial charge in [0.1, 0.15) is 0 Å². The molecule has 0 radical (unpaired) electrons. The Bertz CT molecular complexity index is 649. The third-order valence-electron chi connectivity index (χ3n) is 3.15. The summed E-state index contributed by atoms with van der Waals surface area (Å²) < 4.78 is 0. The Morgan fingerprint density at radius 2 is 1.55 bits per heavy atom. The van der Waals surface area contributed by atoms with E-state index < -0.39 is 0 Å². The van der Waals surface area contributed by atoms with E-state index in [0.29, 0.717) is 0 Å². The van der Waals surface area contributed by atoms with Gasteiger partial charge in [-0.3, -0.25) is 0 Å². The lowest BCUT2D eigenvalue weighted by Crippen LogP contribution is -1.98. The van der Waals surface area contributed by atoms with Gasteiger partial charge >= 0.3 is 0 Å². The number of thiophene rings is 3. The monoisotopic (exact) mass is 319 g/mol. The summed E-state index contributed by atoms with van der Waals surface area (Å²) in [6.45, 7) is 0.799. The first kappa shape index (κ1) is 14.0. The van der Waals surface area contributed by atoms with Gasteiger partial charge in [-0.15, -0.1) is 34.0 Å². The minimum atomic E-state index is 0.799. The van der Waals surface area contributed by atoms with Crippen molar-refractivity contribution < 1.29 is 0 Å². The summed E-state index contributed by atoms with van der Waals surface area (Å²) in [5, 5.41) is 2.13. The first-order valence-electron chi connectivity index (χ1n) is 6.79. The molecule has 0 aliphatic rings. The highest BCUT2D eigenvalue weighted by Gasteiger charge is 2.08. The summed E-state index contributed by atoms with van der Waals surface area (Å²) in [7, 11) is 0. The maximum absolute atomic E-state index is 5.54. The molecule has 0 aromatic carbocycles. The molecular weight excluding hydrogens is 302 g/mol. The molecule has 3 heterocycles. The smallest absolute Gasteiger partial charge is 0.0449 e. The van der Waals surface area contributed by atoms with E-state index in [2.05, 4.69) is 41.8 Å². The molecule has 0 saturated carbocycles. The molecule has 0 bridgehead atoms. The molecule has 0 amide bonds. The molecular formula is C16H17NS3. The largest absolute Gasteiger partial charge is 0.330 e. The average Bonchev–Trinajstić information content (AvgIpc) is 3.19. The SMILES string of the molecule is NCCCCc1ccc(-c2ccc(-c3cccs3)s2)s1. The van der Waals surface area contributed by atoms with Crippen molar-refractivity contribution in [2.75, 3.05) is 6.54 Å². The molecule has 0 unspecified atom stereocenters. The molecule has 0 fully saturated rings. The molecule has 2 N–H and O–H groups in total. The predicted molar refractivity (Wildman–Crippen MR) is 92.9 cm³/mol. The van der Waals surface area contributed by atoms with Crippen LogP contribution in [0.5, 0.6) is 0 Å². The highest BCUT2D eigenvalue weighted by atomic mass is 32.1. The highest BCUT2D eigenvalue weighted by molar-refractivity contribution is 7.26. The summed E-state index contributed by atoms with van der Waals surface area (Å²) >= 11 is 5.61. The van der Waals surface area contributed by atoms with Crippen molar-refractivity contribution in [3.05, 3.63) is 46.7 Å². The van der Waals surface area contributed by atoms with Gasteiger partial charge in [-0.2, -0.15) is 0 Å². The molecule has 0 atom stereocenters. The van der Waals surface area contributed by atoms with Gasteiger partial charge in [0.2, 0.25) is 0 Å².